The van der Waals surface area contributed by atoms with Gasteiger partial charge in [0.15, 0.2) is 0 Å². The summed E-state index contributed by atoms with van der Waals surface area (Å²) in [6.07, 6.45) is 2.01. The molecule has 0 atom stereocenters. The van der Waals surface area contributed by atoms with E-state index in [-0.39, 0.29) is 0 Å². The van der Waals surface area contributed by atoms with Gasteiger partial charge in [0, 0.05) is 30.5 Å². The van der Waals surface area contributed by atoms with Crippen molar-refractivity contribution in [1.82, 2.24) is 0 Å². The molecular formula is C11H17N3O2S. The minimum Gasteiger partial charge on any atom is -0.371 e. The van der Waals surface area contributed by atoms with Crippen molar-refractivity contribution < 1.29 is 8.42 Å². The van der Waals surface area contributed by atoms with Crippen LogP contribution in [0.5, 0.6) is 0 Å². The number of piperidine rings is 1. The summed E-state index contributed by atoms with van der Waals surface area (Å²) in [4.78, 5) is 2.27. The maximum absolute atomic E-state index is 10.5. The number of nitrogens with two attached hydrogens (primary N) is 1. The van der Waals surface area contributed by atoms with Gasteiger partial charge < -0.3 is 10.6 Å². The van der Waals surface area contributed by atoms with Crippen LogP contribution >= 0.6 is 0 Å². The van der Waals surface area contributed by atoms with Crippen LogP contribution in [0, 0.1) is 0 Å². The van der Waals surface area contributed by atoms with Crippen molar-refractivity contribution in [2.75, 3.05) is 22.7 Å². The number of rotatable bonds is 3. The zero-order valence-electron chi connectivity index (χ0n) is 9.50. The molecule has 1 aromatic carbocycles. The molecular weight excluding hydrogens is 238 g/mol. The van der Waals surface area contributed by atoms with Crippen LogP contribution in [-0.4, -0.2) is 27.5 Å². The third-order valence-corrected chi connectivity index (χ3v) is 3.43. The second-order valence-corrected chi connectivity index (χ2v) is 4.98. The number of anilines is 2. The van der Waals surface area contributed by atoms with Gasteiger partial charge in [-0.05, 0) is 37.1 Å². The quantitative estimate of drug-likeness (QED) is 0.690. The lowest BCUT2D eigenvalue weighted by Crippen LogP contribution is -2.39. The van der Waals surface area contributed by atoms with Crippen LogP contribution < -0.4 is 15.4 Å². The summed E-state index contributed by atoms with van der Waals surface area (Å²) >= 11 is 0. The normalized spacial score (nSPS) is 17.4. The van der Waals surface area contributed by atoms with Gasteiger partial charge in [0.2, 0.25) is 10.9 Å². The number of benzene rings is 1. The van der Waals surface area contributed by atoms with Gasteiger partial charge in [0.1, 0.15) is 0 Å². The van der Waals surface area contributed by atoms with Crippen molar-refractivity contribution in [2.24, 2.45) is 5.73 Å². The molecule has 5 nitrogen and oxygen atoms in total. The summed E-state index contributed by atoms with van der Waals surface area (Å²) < 4.78 is 23.3. The molecule has 0 bridgehead atoms. The molecule has 1 saturated heterocycles. The molecule has 1 fully saturated rings. The topological polar surface area (TPSA) is 75.4 Å². The minimum atomic E-state index is -2.59. The van der Waals surface area contributed by atoms with Gasteiger partial charge in [-0.15, -0.1) is 0 Å². The zero-order chi connectivity index (χ0) is 12.3. The van der Waals surface area contributed by atoms with Crippen molar-refractivity contribution in [3.8, 4) is 0 Å². The van der Waals surface area contributed by atoms with E-state index in [0.717, 1.165) is 31.6 Å². The molecule has 17 heavy (non-hydrogen) atoms. The standard InChI is InChI=1S/C11H17N3O2S/c12-9-5-7-14(8-6-9)11-3-1-10(2-4-11)13-17(15)16/h1-4,9,17H,5-8,12H2,(H,13,15,16). The van der Waals surface area contributed by atoms with Crippen LogP contribution in [0.2, 0.25) is 0 Å². The molecule has 1 aromatic rings. The van der Waals surface area contributed by atoms with Gasteiger partial charge in [-0.1, -0.05) is 0 Å². The molecule has 1 heterocycles. The average Bonchev–Trinajstić information content (AvgIpc) is 2.30. The first-order valence-corrected chi connectivity index (χ1v) is 6.84. The highest BCUT2D eigenvalue weighted by molar-refractivity contribution is 7.73. The highest BCUT2D eigenvalue weighted by atomic mass is 32.2. The number of nitrogens with zero attached hydrogens (tertiary/aromatic N) is 1. The van der Waals surface area contributed by atoms with E-state index >= 15 is 0 Å². The van der Waals surface area contributed by atoms with Gasteiger partial charge >= 0.3 is 0 Å². The number of hydrogen-bond acceptors (Lipinski definition) is 4. The molecule has 0 unspecified atom stereocenters. The van der Waals surface area contributed by atoms with Crippen LogP contribution in [0.25, 0.3) is 0 Å². The summed E-state index contributed by atoms with van der Waals surface area (Å²) in [5, 5.41) is 0. The van der Waals surface area contributed by atoms with E-state index in [4.69, 9.17) is 5.73 Å². The number of nitrogens with one attached hydrogen (secondary N) is 1. The molecule has 3 N–H and O–H groups in total. The Labute approximate surface area is 103 Å². The van der Waals surface area contributed by atoms with Gasteiger partial charge in [-0.2, -0.15) is 0 Å². The number of thiol groups is 1. The molecule has 1 aliphatic heterocycles. The fraction of sp³-hybridized carbons (Fsp3) is 0.455. The van der Waals surface area contributed by atoms with Crippen LogP contribution in [0.15, 0.2) is 24.3 Å². The van der Waals surface area contributed by atoms with Crippen molar-refractivity contribution >= 4 is 22.3 Å². The van der Waals surface area contributed by atoms with E-state index in [1.165, 1.54) is 0 Å². The molecule has 0 radical (unpaired) electrons. The zero-order valence-corrected chi connectivity index (χ0v) is 10.4. The van der Waals surface area contributed by atoms with E-state index in [1.807, 2.05) is 12.1 Å². The molecule has 6 heteroatoms. The predicted molar refractivity (Wildman–Crippen MR) is 69.8 cm³/mol. The van der Waals surface area contributed by atoms with Gasteiger partial charge in [-0.25, -0.2) is 8.42 Å². The van der Waals surface area contributed by atoms with Crippen molar-refractivity contribution in [3.63, 3.8) is 0 Å². The Kier molecular flexibility index (Phi) is 3.86. The van der Waals surface area contributed by atoms with E-state index in [0.29, 0.717) is 11.7 Å². The molecule has 0 saturated carbocycles. The Balaban J connectivity index is 2.02. The van der Waals surface area contributed by atoms with Gasteiger partial charge in [0.05, 0.1) is 0 Å². The monoisotopic (exact) mass is 255 g/mol. The maximum atomic E-state index is 10.5. The smallest absolute Gasteiger partial charge is 0.222 e. The van der Waals surface area contributed by atoms with Crippen LogP contribution in [0.1, 0.15) is 12.8 Å². The summed E-state index contributed by atoms with van der Waals surface area (Å²) in [5.41, 5.74) is 7.56. The lowest BCUT2D eigenvalue weighted by Gasteiger charge is -2.32. The lowest BCUT2D eigenvalue weighted by atomic mass is 10.1. The third-order valence-electron chi connectivity index (χ3n) is 2.99. The minimum absolute atomic E-state index is 0.316. The first-order chi connectivity index (χ1) is 8.15. The molecule has 0 spiro atoms. The van der Waals surface area contributed by atoms with Crippen molar-refractivity contribution in [2.45, 2.75) is 18.9 Å². The molecule has 1 aliphatic rings. The largest absolute Gasteiger partial charge is 0.371 e. The fourth-order valence-electron chi connectivity index (χ4n) is 2.01. The summed E-state index contributed by atoms with van der Waals surface area (Å²) in [6, 6.07) is 7.72. The van der Waals surface area contributed by atoms with Crippen molar-refractivity contribution in [1.29, 1.82) is 0 Å². The molecule has 0 aliphatic carbocycles. The Morgan fingerprint density at radius 1 is 1.18 bits per heavy atom. The first kappa shape index (κ1) is 12.2. The van der Waals surface area contributed by atoms with E-state index in [1.54, 1.807) is 12.1 Å². The van der Waals surface area contributed by atoms with Gasteiger partial charge in [-0.3, -0.25) is 4.72 Å². The van der Waals surface area contributed by atoms with Gasteiger partial charge in [0.25, 0.3) is 0 Å². The first-order valence-electron chi connectivity index (χ1n) is 5.67. The van der Waals surface area contributed by atoms with Crippen LogP contribution in [0.3, 0.4) is 0 Å². The third kappa shape index (κ3) is 3.34. The Morgan fingerprint density at radius 3 is 2.29 bits per heavy atom. The summed E-state index contributed by atoms with van der Waals surface area (Å²) in [6.45, 7) is 1.92. The SMILES string of the molecule is NC1CCN(c2ccc(N[SH](=O)=O)cc2)CC1. The average molecular weight is 255 g/mol. The lowest BCUT2D eigenvalue weighted by molar-refractivity contribution is 0.501. The summed E-state index contributed by atoms with van der Waals surface area (Å²) in [7, 11) is -2.59. The Bertz CT molecular complexity index is 429. The van der Waals surface area contributed by atoms with Crippen LogP contribution in [0.4, 0.5) is 11.4 Å². The van der Waals surface area contributed by atoms with Crippen molar-refractivity contribution in [3.05, 3.63) is 24.3 Å². The van der Waals surface area contributed by atoms with E-state index in [2.05, 4.69) is 9.62 Å². The molecule has 94 valence electrons. The fourth-order valence-corrected chi connectivity index (χ4v) is 2.37. The molecule has 0 amide bonds. The molecule has 2 rings (SSSR count). The highest BCUT2D eigenvalue weighted by Crippen LogP contribution is 2.21. The second kappa shape index (κ2) is 5.37. The van der Waals surface area contributed by atoms with E-state index in [9.17, 15) is 8.42 Å². The Morgan fingerprint density at radius 2 is 1.76 bits per heavy atom. The Hall–Kier alpha value is -1.27. The van der Waals surface area contributed by atoms with Crippen LogP contribution in [-0.2, 0) is 10.9 Å². The number of hydrogen-bond donors (Lipinski definition) is 3. The maximum Gasteiger partial charge on any atom is 0.222 e. The summed E-state index contributed by atoms with van der Waals surface area (Å²) in [5.74, 6) is 0. The predicted octanol–water partition coefficient (Wildman–Crippen LogP) is 0.552. The van der Waals surface area contributed by atoms with E-state index < -0.39 is 10.9 Å². The highest BCUT2D eigenvalue weighted by Gasteiger charge is 2.15. The second-order valence-electron chi connectivity index (χ2n) is 4.24. The molecule has 0 aromatic heterocycles.